The molecule has 0 fully saturated rings. The Labute approximate surface area is 171 Å². The van der Waals surface area contributed by atoms with Gasteiger partial charge in [0.1, 0.15) is 0 Å². The maximum absolute atomic E-state index is 4.56. The average molecular weight is 369 g/mol. The monoisotopic (exact) mass is 368 g/mol. The molecule has 0 amide bonds. The Kier molecular flexibility index (Phi) is 6.52. The minimum absolute atomic E-state index is 0.272. The van der Waals surface area contributed by atoms with Gasteiger partial charge >= 0.3 is 0 Å². The van der Waals surface area contributed by atoms with Gasteiger partial charge in [-0.25, -0.2) is 0 Å². The van der Waals surface area contributed by atoms with Crippen LogP contribution in [0.2, 0.25) is 0 Å². The summed E-state index contributed by atoms with van der Waals surface area (Å²) in [4.78, 5) is 0. The molecule has 28 heavy (non-hydrogen) atoms. The summed E-state index contributed by atoms with van der Waals surface area (Å²) in [6, 6.07) is 10.9. The van der Waals surface area contributed by atoms with Crippen molar-refractivity contribution in [1.29, 1.82) is 0 Å². The zero-order valence-electron chi connectivity index (χ0n) is 17.3. The molecule has 3 atom stereocenters. The van der Waals surface area contributed by atoms with Crippen LogP contribution >= 0.6 is 0 Å². The van der Waals surface area contributed by atoms with Gasteiger partial charge in [0.15, 0.2) is 0 Å². The van der Waals surface area contributed by atoms with Crippen molar-refractivity contribution < 1.29 is 0 Å². The lowest BCUT2D eigenvalue weighted by molar-refractivity contribution is 0.388. The van der Waals surface area contributed by atoms with Crippen molar-refractivity contribution in [2.75, 3.05) is 0 Å². The van der Waals surface area contributed by atoms with Gasteiger partial charge in [-0.1, -0.05) is 109 Å². The predicted octanol–water partition coefficient (Wildman–Crippen LogP) is 7.66. The van der Waals surface area contributed by atoms with E-state index in [9.17, 15) is 0 Å². The van der Waals surface area contributed by atoms with Crippen LogP contribution in [0, 0.1) is 11.8 Å². The molecule has 0 radical (unpaired) electrons. The summed E-state index contributed by atoms with van der Waals surface area (Å²) in [7, 11) is 0. The van der Waals surface area contributed by atoms with Gasteiger partial charge < -0.3 is 0 Å². The van der Waals surface area contributed by atoms with E-state index in [4.69, 9.17) is 0 Å². The van der Waals surface area contributed by atoms with Crippen molar-refractivity contribution in [2.45, 2.75) is 38.5 Å². The van der Waals surface area contributed by atoms with Gasteiger partial charge in [0.25, 0.3) is 0 Å². The summed E-state index contributed by atoms with van der Waals surface area (Å²) in [6.45, 7) is 13.0. The third-order valence-electron chi connectivity index (χ3n) is 6.18. The van der Waals surface area contributed by atoms with Gasteiger partial charge in [-0.2, -0.15) is 0 Å². The number of benzene rings is 1. The molecule has 0 bridgehead atoms. The van der Waals surface area contributed by atoms with Crippen molar-refractivity contribution in [3.8, 4) is 0 Å². The van der Waals surface area contributed by atoms with Crippen LogP contribution in [-0.2, 0) is 5.41 Å². The van der Waals surface area contributed by atoms with Crippen molar-refractivity contribution in [3.05, 3.63) is 120 Å². The summed E-state index contributed by atoms with van der Waals surface area (Å²) in [5, 5.41) is 0. The first-order valence-corrected chi connectivity index (χ1v) is 10.3. The summed E-state index contributed by atoms with van der Waals surface area (Å²) < 4.78 is 0. The maximum atomic E-state index is 4.56. The van der Waals surface area contributed by atoms with Gasteiger partial charge in [0.2, 0.25) is 0 Å². The van der Waals surface area contributed by atoms with Gasteiger partial charge in [-0.05, 0) is 56.1 Å². The highest BCUT2D eigenvalue weighted by Crippen LogP contribution is 2.53. The highest BCUT2D eigenvalue weighted by molar-refractivity contribution is 5.55. The van der Waals surface area contributed by atoms with Crippen LogP contribution in [0.4, 0.5) is 0 Å². The first kappa shape index (κ1) is 20.1. The number of rotatable bonds is 7. The Morgan fingerprint density at radius 1 is 1.18 bits per heavy atom. The van der Waals surface area contributed by atoms with Gasteiger partial charge in [0.05, 0.1) is 0 Å². The van der Waals surface area contributed by atoms with E-state index in [0.717, 1.165) is 24.8 Å². The lowest BCUT2D eigenvalue weighted by Gasteiger charge is -2.47. The zero-order chi connectivity index (χ0) is 20.0. The Balaban J connectivity index is 2.28. The highest BCUT2D eigenvalue weighted by atomic mass is 14.5. The SMILES string of the molecule is C=CC(=C)C(C1=CC(C)=CCC1C/C=C\C)(c1ccccc1)C1C=CC=CC1. The van der Waals surface area contributed by atoms with E-state index in [1.165, 1.54) is 16.7 Å². The van der Waals surface area contributed by atoms with E-state index < -0.39 is 0 Å². The molecule has 0 nitrogen and oxygen atoms in total. The fraction of sp³-hybridized carbons (Fsp3) is 0.286. The van der Waals surface area contributed by atoms with Gasteiger partial charge in [-0.3, -0.25) is 0 Å². The third-order valence-corrected chi connectivity index (χ3v) is 6.18. The van der Waals surface area contributed by atoms with E-state index in [1.54, 1.807) is 0 Å². The molecule has 0 heteroatoms. The molecule has 0 aromatic heterocycles. The Morgan fingerprint density at radius 2 is 1.96 bits per heavy atom. The van der Waals surface area contributed by atoms with E-state index in [-0.39, 0.29) is 5.41 Å². The van der Waals surface area contributed by atoms with Crippen molar-refractivity contribution in [1.82, 2.24) is 0 Å². The molecule has 2 aliphatic rings. The smallest absolute Gasteiger partial charge is 0.0476 e. The highest BCUT2D eigenvalue weighted by Gasteiger charge is 2.46. The Hall–Kier alpha value is -2.60. The lowest BCUT2D eigenvalue weighted by Crippen LogP contribution is -2.41. The Morgan fingerprint density at radius 3 is 2.61 bits per heavy atom. The summed E-state index contributed by atoms with van der Waals surface area (Å²) in [5.41, 5.74) is 4.96. The zero-order valence-corrected chi connectivity index (χ0v) is 17.3. The van der Waals surface area contributed by atoms with Crippen LogP contribution in [0.15, 0.2) is 115 Å². The minimum Gasteiger partial charge on any atom is -0.0988 e. The van der Waals surface area contributed by atoms with Crippen molar-refractivity contribution in [2.24, 2.45) is 11.8 Å². The second kappa shape index (κ2) is 9.06. The van der Waals surface area contributed by atoms with Gasteiger partial charge in [0, 0.05) is 5.41 Å². The molecular formula is C28H32. The molecule has 1 aromatic carbocycles. The van der Waals surface area contributed by atoms with Crippen LogP contribution in [0.3, 0.4) is 0 Å². The first-order chi connectivity index (χ1) is 13.6. The maximum Gasteiger partial charge on any atom is 0.0476 e. The van der Waals surface area contributed by atoms with E-state index >= 15 is 0 Å². The molecule has 0 saturated heterocycles. The quantitative estimate of drug-likeness (QED) is 0.342. The predicted molar refractivity (Wildman–Crippen MR) is 123 cm³/mol. The fourth-order valence-electron chi connectivity index (χ4n) is 4.80. The summed E-state index contributed by atoms with van der Waals surface area (Å²) >= 11 is 0. The normalized spacial score (nSPS) is 23.8. The third kappa shape index (κ3) is 3.69. The molecule has 0 saturated carbocycles. The van der Waals surface area contributed by atoms with Crippen molar-refractivity contribution in [3.63, 3.8) is 0 Å². The Bertz CT molecular complexity index is 855. The van der Waals surface area contributed by atoms with Gasteiger partial charge in [-0.15, -0.1) is 0 Å². The molecule has 0 heterocycles. The molecule has 3 unspecified atom stereocenters. The molecule has 0 spiro atoms. The molecule has 0 aliphatic heterocycles. The second-order valence-corrected chi connectivity index (χ2v) is 7.84. The first-order valence-electron chi connectivity index (χ1n) is 10.3. The van der Waals surface area contributed by atoms with Crippen molar-refractivity contribution >= 4 is 0 Å². The molecule has 1 aromatic rings. The second-order valence-electron chi connectivity index (χ2n) is 7.84. The number of hydrogen-bond donors (Lipinski definition) is 0. The summed E-state index contributed by atoms with van der Waals surface area (Å²) in [6.07, 6.45) is 23.4. The fourth-order valence-corrected chi connectivity index (χ4v) is 4.80. The standard InChI is InChI=1S/C28H32/c1-5-7-14-24-20-19-22(3)21-27(24)28(23(4)6-2,25-15-10-8-11-16-25)26-17-12-9-13-18-26/h5-13,15-17,19,21,24,26H,2,4,14,18,20H2,1,3H3/b7-5-. The van der Waals surface area contributed by atoms with Crippen LogP contribution in [0.1, 0.15) is 38.7 Å². The van der Waals surface area contributed by atoms with Crippen LogP contribution in [0.5, 0.6) is 0 Å². The lowest BCUT2D eigenvalue weighted by atomic mass is 9.56. The molecular weight excluding hydrogens is 336 g/mol. The summed E-state index contributed by atoms with van der Waals surface area (Å²) in [5.74, 6) is 0.798. The van der Waals surface area contributed by atoms with E-state index in [2.05, 4.69) is 106 Å². The largest absolute Gasteiger partial charge is 0.0988 e. The number of hydrogen-bond acceptors (Lipinski definition) is 0. The van der Waals surface area contributed by atoms with Crippen LogP contribution < -0.4 is 0 Å². The molecule has 0 N–H and O–H groups in total. The average Bonchev–Trinajstić information content (AvgIpc) is 2.75. The molecule has 2 aliphatic carbocycles. The van der Waals surface area contributed by atoms with Crippen LogP contribution in [0.25, 0.3) is 0 Å². The number of allylic oxidation sites excluding steroid dienone is 12. The topological polar surface area (TPSA) is 0 Å². The minimum atomic E-state index is -0.272. The molecule has 144 valence electrons. The van der Waals surface area contributed by atoms with E-state index in [1.807, 2.05) is 6.08 Å². The van der Waals surface area contributed by atoms with Crippen LogP contribution in [-0.4, -0.2) is 0 Å². The van der Waals surface area contributed by atoms with E-state index in [0.29, 0.717) is 11.8 Å². The molecule has 3 rings (SSSR count).